The van der Waals surface area contributed by atoms with Gasteiger partial charge < -0.3 is 14.4 Å². The van der Waals surface area contributed by atoms with Crippen molar-refractivity contribution in [3.05, 3.63) is 29.8 Å². The maximum atomic E-state index is 12.4. The fourth-order valence-corrected chi connectivity index (χ4v) is 2.58. The summed E-state index contributed by atoms with van der Waals surface area (Å²) in [5, 5.41) is 0. The minimum absolute atomic E-state index is 0.0766. The lowest BCUT2D eigenvalue weighted by Crippen LogP contribution is -2.37. The number of rotatable bonds is 8. The van der Waals surface area contributed by atoms with Gasteiger partial charge in [-0.15, -0.1) is 0 Å². The van der Waals surface area contributed by atoms with E-state index in [1.54, 1.807) is 13.2 Å². The average Bonchev–Trinajstić information content (AvgIpc) is 3.35. The Labute approximate surface area is 139 Å². The van der Waals surface area contributed by atoms with Crippen LogP contribution in [0.15, 0.2) is 24.3 Å². The molecule has 1 aliphatic rings. The normalized spacial score (nSPS) is 14.3. The first kappa shape index (κ1) is 17.4. The number of hydrogen-bond donors (Lipinski definition) is 0. The first-order valence-electron chi connectivity index (χ1n) is 8.38. The van der Waals surface area contributed by atoms with Gasteiger partial charge in [-0.05, 0) is 56.9 Å². The second-order valence-corrected chi connectivity index (χ2v) is 6.16. The van der Waals surface area contributed by atoms with Crippen LogP contribution in [0.2, 0.25) is 0 Å². The van der Waals surface area contributed by atoms with Crippen LogP contribution in [-0.4, -0.2) is 36.6 Å². The summed E-state index contributed by atoms with van der Waals surface area (Å²) in [6, 6.07) is 6.38. The Balaban J connectivity index is 2.08. The molecule has 0 aliphatic heterocycles. The molecule has 1 amide bonds. The van der Waals surface area contributed by atoms with Gasteiger partial charge in [-0.2, -0.15) is 0 Å². The lowest BCUT2D eigenvalue weighted by atomic mass is 10.1. The molecular formula is C19H27NO3. The van der Waals surface area contributed by atoms with Crippen molar-refractivity contribution in [2.24, 2.45) is 0 Å². The molecule has 1 aromatic carbocycles. The second-order valence-electron chi connectivity index (χ2n) is 6.16. The molecule has 0 heterocycles. The number of ether oxygens (including phenoxy) is 2. The van der Waals surface area contributed by atoms with E-state index in [0.717, 1.165) is 30.6 Å². The van der Waals surface area contributed by atoms with Crippen LogP contribution < -0.4 is 9.47 Å². The van der Waals surface area contributed by atoms with E-state index in [9.17, 15) is 4.79 Å². The second kappa shape index (κ2) is 8.04. The van der Waals surface area contributed by atoms with Crippen LogP contribution >= 0.6 is 0 Å². The smallest absolute Gasteiger partial charge is 0.247 e. The van der Waals surface area contributed by atoms with Crippen LogP contribution in [0.25, 0.3) is 6.08 Å². The number of benzene rings is 1. The third-order valence-corrected chi connectivity index (χ3v) is 3.82. The van der Waals surface area contributed by atoms with Gasteiger partial charge in [0.25, 0.3) is 0 Å². The first-order chi connectivity index (χ1) is 11.1. The fourth-order valence-electron chi connectivity index (χ4n) is 2.58. The molecule has 0 N–H and O–H groups in total. The predicted octanol–water partition coefficient (Wildman–Crippen LogP) is 3.90. The van der Waals surface area contributed by atoms with Crippen molar-refractivity contribution in [3.8, 4) is 11.5 Å². The molecule has 23 heavy (non-hydrogen) atoms. The Morgan fingerprint density at radius 1 is 1.35 bits per heavy atom. The highest BCUT2D eigenvalue weighted by Gasteiger charge is 2.33. The molecule has 0 spiro atoms. The molecule has 1 aromatic rings. The highest BCUT2D eigenvalue weighted by atomic mass is 16.5. The van der Waals surface area contributed by atoms with Crippen LogP contribution in [0.3, 0.4) is 0 Å². The SMILES string of the molecule is CCCOc1ccc(/C=C/C(=O)N(C(C)C)C2CC2)cc1OC. The molecule has 4 nitrogen and oxygen atoms in total. The zero-order valence-corrected chi connectivity index (χ0v) is 14.5. The van der Waals surface area contributed by atoms with Crippen molar-refractivity contribution in [1.82, 2.24) is 4.90 Å². The lowest BCUT2D eigenvalue weighted by molar-refractivity contribution is -0.128. The van der Waals surface area contributed by atoms with Crippen LogP contribution in [0, 0.1) is 0 Å². The summed E-state index contributed by atoms with van der Waals surface area (Å²) in [5.74, 6) is 1.50. The van der Waals surface area contributed by atoms with Crippen LogP contribution in [0.4, 0.5) is 0 Å². The topological polar surface area (TPSA) is 38.8 Å². The number of hydrogen-bond acceptors (Lipinski definition) is 3. The van der Waals surface area contributed by atoms with Gasteiger partial charge in [0.1, 0.15) is 0 Å². The maximum absolute atomic E-state index is 12.4. The number of carbonyl (C=O) groups is 1. The van der Waals surface area contributed by atoms with E-state index >= 15 is 0 Å². The fraction of sp³-hybridized carbons (Fsp3) is 0.526. The maximum Gasteiger partial charge on any atom is 0.247 e. The van der Waals surface area contributed by atoms with E-state index in [4.69, 9.17) is 9.47 Å². The van der Waals surface area contributed by atoms with Gasteiger partial charge in [-0.3, -0.25) is 4.79 Å². The van der Waals surface area contributed by atoms with Crippen LogP contribution in [0.1, 0.15) is 45.6 Å². The van der Waals surface area contributed by atoms with Gasteiger partial charge in [0.2, 0.25) is 5.91 Å². The van der Waals surface area contributed by atoms with E-state index in [1.807, 2.05) is 29.2 Å². The van der Waals surface area contributed by atoms with Crippen LogP contribution in [0.5, 0.6) is 11.5 Å². The van der Waals surface area contributed by atoms with Gasteiger partial charge in [-0.1, -0.05) is 13.0 Å². The van der Waals surface area contributed by atoms with Gasteiger partial charge in [0.05, 0.1) is 13.7 Å². The molecule has 0 bridgehead atoms. The summed E-state index contributed by atoms with van der Waals surface area (Å²) >= 11 is 0. The molecule has 1 fully saturated rings. The molecule has 0 aromatic heterocycles. The summed E-state index contributed by atoms with van der Waals surface area (Å²) in [7, 11) is 1.63. The van der Waals surface area contributed by atoms with Crippen molar-refractivity contribution in [2.45, 2.75) is 52.1 Å². The monoisotopic (exact) mass is 317 g/mol. The van der Waals surface area contributed by atoms with E-state index < -0.39 is 0 Å². The first-order valence-corrected chi connectivity index (χ1v) is 8.38. The minimum atomic E-state index is 0.0766. The Hall–Kier alpha value is -1.97. The Kier molecular flexibility index (Phi) is 6.08. The molecule has 0 radical (unpaired) electrons. The highest BCUT2D eigenvalue weighted by Crippen LogP contribution is 2.30. The molecule has 1 aliphatic carbocycles. The summed E-state index contributed by atoms with van der Waals surface area (Å²) in [5.41, 5.74) is 0.929. The number of carbonyl (C=O) groups excluding carboxylic acids is 1. The highest BCUT2D eigenvalue weighted by molar-refractivity contribution is 5.92. The predicted molar refractivity (Wildman–Crippen MR) is 92.8 cm³/mol. The van der Waals surface area contributed by atoms with Crippen molar-refractivity contribution in [1.29, 1.82) is 0 Å². The van der Waals surface area contributed by atoms with E-state index in [1.165, 1.54) is 0 Å². The van der Waals surface area contributed by atoms with Crippen LogP contribution in [-0.2, 0) is 4.79 Å². The molecule has 126 valence electrons. The van der Waals surface area contributed by atoms with Crippen molar-refractivity contribution < 1.29 is 14.3 Å². The van der Waals surface area contributed by atoms with Gasteiger partial charge in [0.15, 0.2) is 11.5 Å². The van der Waals surface area contributed by atoms with Gasteiger partial charge >= 0.3 is 0 Å². The van der Waals surface area contributed by atoms with E-state index in [0.29, 0.717) is 18.4 Å². The Morgan fingerprint density at radius 2 is 2.09 bits per heavy atom. The number of amides is 1. The Bertz CT molecular complexity index is 560. The zero-order valence-electron chi connectivity index (χ0n) is 14.5. The quantitative estimate of drug-likeness (QED) is 0.683. The number of nitrogens with zero attached hydrogens (tertiary/aromatic N) is 1. The molecule has 0 unspecified atom stereocenters. The summed E-state index contributed by atoms with van der Waals surface area (Å²) in [6.07, 6.45) is 6.68. The third-order valence-electron chi connectivity index (χ3n) is 3.82. The molecule has 0 atom stereocenters. The molecular weight excluding hydrogens is 290 g/mol. The summed E-state index contributed by atoms with van der Waals surface area (Å²) in [6.45, 7) is 6.85. The average molecular weight is 317 g/mol. The molecule has 2 rings (SSSR count). The Morgan fingerprint density at radius 3 is 2.65 bits per heavy atom. The third kappa shape index (κ3) is 4.75. The molecule has 1 saturated carbocycles. The summed E-state index contributed by atoms with van der Waals surface area (Å²) in [4.78, 5) is 14.4. The molecule has 4 heteroatoms. The minimum Gasteiger partial charge on any atom is -0.493 e. The van der Waals surface area contributed by atoms with Crippen molar-refractivity contribution >= 4 is 12.0 Å². The zero-order chi connectivity index (χ0) is 16.8. The summed E-state index contributed by atoms with van der Waals surface area (Å²) < 4.78 is 11.0. The van der Waals surface area contributed by atoms with Crippen molar-refractivity contribution in [3.63, 3.8) is 0 Å². The van der Waals surface area contributed by atoms with E-state index in [-0.39, 0.29) is 11.9 Å². The number of methoxy groups -OCH3 is 1. The van der Waals surface area contributed by atoms with Gasteiger partial charge in [-0.25, -0.2) is 0 Å². The largest absolute Gasteiger partial charge is 0.493 e. The standard InChI is InChI=1S/C19H27NO3/c1-5-12-23-17-10-6-15(13-18(17)22-4)7-11-19(21)20(14(2)3)16-8-9-16/h6-7,10-11,13-14,16H,5,8-9,12H2,1-4H3/b11-7+. The lowest BCUT2D eigenvalue weighted by Gasteiger charge is -2.25. The van der Waals surface area contributed by atoms with E-state index in [2.05, 4.69) is 20.8 Å². The van der Waals surface area contributed by atoms with Crippen molar-refractivity contribution in [2.75, 3.05) is 13.7 Å². The van der Waals surface area contributed by atoms with Gasteiger partial charge in [0, 0.05) is 18.2 Å². The molecule has 0 saturated heterocycles.